The Hall–Kier alpha value is -3.34. The SMILES string of the molecule is CC(C)(C)NC(=O)c1ccc(Nc2ccc(Oc3ccccc3)cc2)nc1. The van der Waals surface area contributed by atoms with Crippen LogP contribution in [0.5, 0.6) is 11.5 Å². The molecule has 5 heteroatoms. The molecule has 0 bridgehead atoms. The molecule has 0 saturated heterocycles. The minimum atomic E-state index is -0.280. The number of hydrogen-bond acceptors (Lipinski definition) is 4. The first-order valence-electron chi connectivity index (χ1n) is 8.78. The lowest BCUT2D eigenvalue weighted by Crippen LogP contribution is -2.40. The quantitative estimate of drug-likeness (QED) is 0.660. The molecule has 0 radical (unpaired) electrons. The van der Waals surface area contributed by atoms with E-state index in [9.17, 15) is 4.79 Å². The van der Waals surface area contributed by atoms with Crippen LogP contribution in [-0.4, -0.2) is 16.4 Å². The van der Waals surface area contributed by atoms with Crippen LogP contribution in [0, 0.1) is 0 Å². The molecule has 2 N–H and O–H groups in total. The summed E-state index contributed by atoms with van der Waals surface area (Å²) < 4.78 is 5.78. The van der Waals surface area contributed by atoms with Crippen molar-refractivity contribution in [1.29, 1.82) is 0 Å². The number of nitrogens with one attached hydrogen (secondary N) is 2. The summed E-state index contributed by atoms with van der Waals surface area (Å²) in [5, 5.41) is 6.13. The summed E-state index contributed by atoms with van der Waals surface area (Å²) in [5.41, 5.74) is 1.13. The highest BCUT2D eigenvalue weighted by Gasteiger charge is 2.15. The molecular weight excluding hydrogens is 338 g/mol. The maximum absolute atomic E-state index is 12.1. The zero-order valence-corrected chi connectivity index (χ0v) is 15.7. The second kappa shape index (κ2) is 7.91. The van der Waals surface area contributed by atoms with Crippen LogP contribution in [0.3, 0.4) is 0 Å². The molecule has 138 valence electrons. The minimum absolute atomic E-state index is 0.135. The molecule has 0 aliphatic rings. The number of rotatable bonds is 5. The van der Waals surface area contributed by atoms with Crippen LogP contribution < -0.4 is 15.4 Å². The fourth-order valence-corrected chi connectivity index (χ4v) is 2.39. The van der Waals surface area contributed by atoms with Crippen LogP contribution in [-0.2, 0) is 0 Å². The molecule has 1 amide bonds. The number of nitrogens with zero attached hydrogens (tertiary/aromatic N) is 1. The van der Waals surface area contributed by atoms with Crippen LogP contribution in [0.2, 0.25) is 0 Å². The van der Waals surface area contributed by atoms with Crippen LogP contribution in [0.4, 0.5) is 11.5 Å². The van der Waals surface area contributed by atoms with Crippen molar-refractivity contribution < 1.29 is 9.53 Å². The number of carbonyl (C=O) groups is 1. The van der Waals surface area contributed by atoms with Gasteiger partial charge in [0.05, 0.1) is 5.56 Å². The van der Waals surface area contributed by atoms with Crippen LogP contribution in [0.15, 0.2) is 72.9 Å². The number of pyridine rings is 1. The molecule has 3 aromatic rings. The van der Waals surface area contributed by atoms with E-state index in [4.69, 9.17) is 4.74 Å². The maximum atomic E-state index is 12.1. The summed E-state index contributed by atoms with van der Waals surface area (Å²) in [6.45, 7) is 5.83. The Bertz CT molecular complexity index is 884. The van der Waals surface area contributed by atoms with Gasteiger partial charge in [0.25, 0.3) is 5.91 Å². The van der Waals surface area contributed by atoms with Gasteiger partial charge in [-0.2, -0.15) is 0 Å². The Kier molecular flexibility index (Phi) is 5.41. The van der Waals surface area contributed by atoms with Gasteiger partial charge in [-0.3, -0.25) is 4.79 Å². The number of anilines is 2. The van der Waals surface area contributed by atoms with Gasteiger partial charge in [-0.15, -0.1) is 0 Å². The Morgan fingerprint density at radius 2 is 1.56 bits per heavy atom. The molecule has 5 nitrogen and oxygen atoms in total. The molecule has 0 spiro atoms. The van der Waals surface area contributed by atoms with E-state index >= 15 is 0 Å². The van der Waals surface area contributed by atoms with E-state index in [2.05, 4.69) is 15.6 Å². The van der Waals surface area contributed by atoms with Crippen molar-refractivity contribution in [3.63, 3.8) is 0 Å². The lowest BCUT2D eigenvalue weighted by molar-refractivity contribution is 0.0919. The van der Waals surface area contributed by atoms with E-state index in [0.29, 0.717) is 11.4 Å². The maximum Gasteiger partial charge on any atom is 0.253 e. The topological polar surface area (TPSA) is 63.2 Å². The summed E-state index contributed by atoms with van der Waals surface area (Å²) >= 11 is 0. The molecule has 1 heterocycles. The average molecular weight is 361 g/mol. The van der Waals surface area contributed by atoms with E-state index < -0.39 is 0 Å². The van der Waals surface area contributed by atoms with Crippen molar-refractivity contribution in [2.45, 2.75) is 26.3 Å². The number of aromatic nitrogens is 1. The second-order valence-electron chi connectivity index (χ2n) is 7.20. The Labute approximate surface area is 159 Å². The minimum Gasteiger partial charge on any atom is -0.457 e. The molecule has 3 rings (SSSR count). The zero-order valence-electron chi connectivity index (χ0n) is 15.7. The fourth-order valence-electron chi connectivity index (χ4n) is 2.39. The first-order chi connectivity index (χ1) is 12.9. The molecule has 0 atom stereocenters. The van der Waals surface area contributed by atoms with Gasteiger partial charge < -0.3 is 15.4 Å². The van der Waals surface area contributed by atoms with Gasteiger partial charge >= 0.3 is 0 Å². The largest absolute Gasteiger partial charge is 0.457 e. The number of amides is 1. The summed E-state index contributed by atoms with van der Waals surface area (Å²) in [6, 6.07) is 20.8. The highest BCUT2D eigenvalue weighted by Crippen LogP contribution is 2.24. The van der Waals surface area contributed by atoms with Gasteiger partial charge in [-0.1, -0.05) is 18.2 Å². The van der Waals surface area contributed by atoms with E-state index in [1.165, 1.54) is 0 Å². The third-order valence-corrected chi connectivity index (χ3v) is 3.62. The monoisotopic (exact) mass is 361 g/mol. The molecule has 0 aliphatic carbocycles. The van der Waals surface area contributed by atoms with Gasteiger partial charge in [-0.05, 0) is 69.3 Å². The number of carbonyl (C=O) groups excluding carboxylic acids is 1. The van der Waals surface area contributed by atoms with Crippen LogP contribution in [0.1, 0.15) is 31.1 Å². The number of hydrogen-bond donors (Lipinski definition) is 2. The van der Waals surface area contributed by atoms with Crippen LogP contribution >= 0.6 is 0 Å². The van der Waals surface area contributed by atoms with Gasteiger partial charge in [0.2, 0.25) is 0 Å². The molecule has 0 unspecified atom stereocenters. The van der Waals surface area contributed by atoms with Crippen molar-refractivity contribution >= 4 is 17.4 Å². The highest BCUT2D eigenvalue weighted by atomic mass is 16.5. The predicted molar refractivity (Wildman–Crippen MR) is 108 cm³/mol. The average Bonchev–Trinajstić information content (AvgIpc) is 2.63. The molecule has 0 saturated carbocycles. The standard InChI is InChI=1S/C22H23N3O2/c1-22(2,3)25-21(26)16-9-14-20(23-15-16)24-17-10-12-19(13-11-17)27-18-7-5-4-6-8-18/h4-15H,1-3H3,(H,23,24)(H,25,26). The van der Waals surface area contributed by atoms with Crippen molar-refractivity contribution in [2.24, 2.45) is 0 Å². The summed E-state index contributed by atoms with van der Waals surface area (Å²) in [5.74, 6) is 2.08. The number of ether oxygens (including phenoxy) is 1. The van der Waals surface area contributed by atoms with Gasteiger partial charge in [0.1, 0.15) is 17.3 Å². The molecule has 1 aromatic heterocycles. The number of benzene rings is 2. The van der Waals surface area contributed by atoms with E-state index in [0.717, 1.165) is 17.2 Å². The Morgan fingerprint density at radius 3 is 2.15 bits per heavy atom. The zero-order chi connectivity index (χ0) is 19.3. The van der Waals surface area contributed by atoms with E-state index in [1.54, 1.807) is 18.3 Å². The van der Waals surface area contributed by atoms with Crippen molar-refractivity contribution in [3.8, 4) is 11.5 Å². The van der Waals surface area contributed by atoms with Crippen molar-refractivity contribution in [2.75, 3.05) is 5.32 Å². The summed E-state index contributed by atoms with van der Waals surface area (Å²) in [6.07, 6.45) is 1.57. The molecule has 0 fully saturated rings. The normalized spacial score (nSPS) is 10.9. The van der Waals surface area contributed by atoms with Gasteiger partial charge in [0.15, 0.2) is 0 Å². The third-order valence-electron chi connectivity index (χ3n) is 3.62. The first-order valence-corrected chi connectivity index (χ1v) is 8.78. The lowest BCUT2D eigenvalue weighted by atomic mass is 10.1. The molecule has 2 aromatic carbocycles. The predicted octanol–water partition coefficient (Wildman–Crippen LogP) is 5.15. The van der Waals surface area contributed by atoms with Crippen LogP contribution in [0.25, 0.3) is 0 Å². The summed E-state index contributed by atoms with van der Waals surface area (Å²) in [4.78, 5) is 16.4. The fraction of sp³-hybridized carbons (Fsp3) is 0.182. The molecule has 0 aliphatic heterocycles. The molecule has 27 heavy (non-hydrogen) atoms. The van der Waals surface area contributed by atoms with Gasteiger partial charge in [-0.25, -0.2) is 4.98 Å². The van der Waals surface area contributed by atoms with E-state index in [-0.39, 0.29) is 11.4 Å². The van der Waals surface area contributed by atoms with E-state index in [1.807, 2.05) is 75.4 Å². The van der Waals surface area contributed by atoms with Gasteiger partial charge in [0, 0.05) is 17.4 Å². The summed E-state index contributed by atoms with van der Waals surface area (Å²) in [7, 11) is 0. The Balaban J connectivity index is 1.61. The Morgan fingerprint density at radius 1 is 0.889 bits per heavy atom. The van der Waals surface area contributed by atoms with Crippen molar-refractivity contribution in [1.82, 2.24) is 10.3 Å². The number of para-hydroxylation sites is 1. The highest BCUT2D eigenvalue weighted by molar-refractivity contribution is 5.94. The first kappa shape index (κ1) is 18.5. The smallest absolute Gasteiger partial charge is 0.253 e. The third kappa shape index (κ3) is 5.57. The van der Waals surface area contributed by atoms with Crippen molar-refractivity contribution in [3.05, 3.63) is 78.5 Å². The molecular formula is C22H23N3O2. The lowest BCUT2D eigenvalue weighted by Gasteiger charge is -2.20. The second-order valence-corrected chi connectivity index (χ2v) is 7.20.